The van der Waals surface area contributed by atoms with Crippen molar-refractivity contribution in [1.29, 1.82) is 0 Å². The minimum Gasteiger partial charge on any atom is -0.341 e. The highest BCUT2D eigenvalue weighted by Gasteiger charge is 2.31. The van der Waals surface area contributed by atoms with Crippen LogP contribution < -0.4 is 5.73 Å². The molecule has 2 rings (SSSR count). The second kappa shape index (κ2) is 9.55. The van der Waals surface area contributed by atoms with Gasteiger partial charge in [-0.1, -0.05) is 0 Å². The Morgan fingerprint density at radius 2 is 1.27 bits per heavy atom. The molecule has 130 valence electrons. The van der Waals surface area contributed by atoms with E-state index in [-0.39, 0.29) is 42.7 Å². The maximum absolute atomic E-state index is 12.4. The molecule has 0 aliphatic carbocycles. The van der Waals surface area contributed by atoms with Crippen LogP contribution in [0.4, 0.5) is 0 Å². The Morgan fingerprint density at radius 1 is 0.818 bits per heavy atom. The molecule has 0 aromatic heterocycles. The zero-order valence-corrected chi connectivity index (χ0v) is 15.0. The van der Waals surface area contributed by atoms with Crippen molar-refractivity contribution in [2.45, 2.75) is 38.8 Å². The van der Waals surface area contributed by atoms with Crippen LogP contribution in [0.15, 0.2) is 0 Å². The summed E-state index contributed by atoms with van der Waals surface area (Å²) in [5.74, 6) is 0.234. The molecule has 2 saturated heterocycles. The van der Waals surface area contributed by atoms with Crippen LogP contribution in [0.3, 0.4) is 0 Å². The van der Waals surface area contributed by atoms with Gasteiger partial charge in [-0.3, -0.25) is 14.5 Å². The van der Waals surface area contributed by atoms with Gasteiger partial charge in [-0.2, -0.15) is 0 Å². The highest BCUT2D eigenvalue weighted by atomic mass is 35.5. The van der Waals surface area contributed by atoms with Gasteiger partial charge in [0.25, 0.3) is 0 Å². The molecule has 2 aliphatic heterocycles. The minimum atomic E-state index is -0.440. The van der Waals surface area contributed by atoms with Gasteiger partial charge in [0, 0.05) is 39.3 Å². The van der Waals surface area contributed by atoms with Crippen molar-refractivity contribution in [3.05, 3.63) is 0 Å². The van der Waals surface area contributed by atoms with Crippen LogP contribution >= 0.6 is 24.8 Å². The molecule has 0 saturated carbocycles. The normalized spacial score (nSPS) is 21.6. The highest BCUT2D eigenvalue weighted by Crippen LogP contribution is 2.14. The molecule has 2 aliphatic rings. The fourth-order valence-electron chi connectivity index (χ4n) is 2.98. The van der Waals surface area contributed by atoms with Crippen LogP contribution in [-0.4, -0.2) is 77.9 Å². The Kier molecular flexibility index (Phi) is 9.31. The van der Waals surface area contributed by atoms with E-state index in [0.29, 0.717) is 13.1 Å². The summed E-state index contributed by atoms with van der Waals surface area (Å²) in [5, 5.41) is 0. The number of amides is 2. The maximum atomic E-state index is 12.4. The number of hydrogen-bond donors (Lipinski definition) is 1. The standard InChI is InChI=1S/C14H26N4O2.2ClH/c1-11(15)13(19)18-9-7-16(8-10-18)12(2)14(20)17-5-3-4-6-17;;/h11-12H,3-10,15H2,1-2H3;2*1H/t11-,12?;;/m1../s1. The molecule has 0 radical (unpaired) electrons. The summed E-state index contributed by atoms with van der Waals surface area (Å²) in [4.78, 5) is 30.1. The monoisotopic (exact) mass is 354 g/mol. The van der Waals surface area contributed by atoms with Gasteiger partial charge in [0.2, 0.25) is 11.8 Å². The van der Waals surface area contributed by atoms with Gasteiger partial charge in [-0.25, -0.2) is 0 Å². The number of nitrogens with two attached hydrogens (primary N) is 1. The summed E-state index contributed by atoms with van der Waals surface area (Å²) in [6, 6.07) is -0.522. The minimum absolute atomic E-state index is 0. The van der Waals surface area contributed by atoms with Crippen molar-refractivity contribution in [2.75, 3.05) is 39.3 Å². The first-order valence-electron chi connectivity index (χ1n) is 7.58. The van der Waals surface area contributed by atoms with Crippen molar-refractivity contribution in [3.63, 3.8) is 0 Å². The molecule has 0 bridgehead atoms. The SMILES string of the molecule is CC(C(=O)N1CCCC1)N1CCN(C(=O)[C@@H](C)N)CC1.Cl.Cl. The average molecular weight is 355 g/mol. The number of hydrogen-bond acceptors (Lipinski definition) is 4. The van der Waals surface area contributed by atoms with Gasteiger partial charge in [0.15, 0.2) is 0 Å². The van der Waals surface area contributed by atoms with Crippen molar-refractivity contribution in [3.8, 4) is 0 Å². The fraction of sp³-hybridized carbons (Fsp3) is 0.857. The average Bonchev–Trinajstić information content (AvgIpc) is 2.99. The second-order valence-corrected chi connectivity index (χ2v) is 5.86. The molecule has 0 aromatic rings. The molecular weight excluding hydrogens is 327 g/mol. The second-order valence-electron chi connectivity index (χ2n) is 5.86. The lowest BCUT2D eigenvalue weighted by Gasteiger charge is -2.38. The predicted molar refractivity (Wildman–Crippen MR) is 91.6 cm³/mol. The summed E-state index contributed by atoms with van der Waals surface area (Å²) in [6.45, 7) is 8.31. The molecular formula is C14H28Cl2N4O2. The number of carbonyl (C=O) groups excluding carboxylic acids is 2. The molecule has 2 N–H and O–H groups in total. The number of nitrogens with zero attached hydrogens (tertiary/aromatic N) is 3. The number of piperazine rings is 1. The Labute approximate surface area is 145 Å². The topological polar surface area (TPSA) is 69.9 Å². The van der Waals surface area contributed by atoms with Crippen molar-refractivity contribution in [1.82, 2.24) is 14.7 Å². The first kappa shape index (κ1) is 21.4. The van der Waals surface area contributed by atoms with Crippen molar-refractivity contribution < 1.29 is 9.59 Å². The van der Waals surface area contributed by atoms with Gasteiger partial charge in [0.05, 0.1) is 12.1 Å². The van der Waals surface area contributed by atoms with Gasteiger partial charge in [-0.15, -0.1) is 24.8 Å². The summed E-state index contributed by atoms with van der Waals surface area (Å²) in [7, 11) is 0. The summed E-state index contributed by atoms with van der Waals surface area (Å²) in [6.07, 6.45) is 2.24. The fourth-order valence-corrected chi connectivity index (χ4v) is 2.98. The number of rotatable bonds is 3. The van der Waals surface area contributed by atoms with Crippen LogP contribution in [0.25, 0.3) is 0 Å². The molecule has 6 nitrogen and oxygen atoms in total. The van der Waals surface area contributed by atoms with Crippen LogP contribution in [0.5, 0.6) is 0 Å². The molecule has 0 aromatic carbocycles. The molecule has 1 unspecified atom stereocenters. The van der Waals surface area contributed by atoms with Gasteiger partial charge < -0.3 is 15.5 Å². The quantitative estimate of drug-likeness (QED) is 0.792. The van der Waals surface area contributed by atoms with Crippen LogP contribution in [-0.2, 0) is 9.59 Å². The van der Waals surface area contributed by atoms with Gasteiger partial charge in [-0.05, 0) is 26.7 Å². The Hall–Kier alpha value is -0.560. The number of halogens is 2. The summed E-state index contributed by atoms with van der Waals surface area (Å²) < 4.78 is 0. The third-order valence-corrected chi connectivity index (χ3v) is 4.34. The smallest absolute Gasteiger partial charge is 0.239 e. The van der Waals surface area contributed by atoms with Gasteiger partial charge in [0.1, 0.15) is 0 Å². The van der Waals surface area contributed by atoms with E-state index in [2.05, 4.69) is 4.90 Å². The molecule has 2 amide bonds. The lowest BCUT2D eigenvalue weighted by Crippen LogP contribution is -2.57. The largest absolute Gasteiger partial charge is 0.341 e. The molecule has 2 atom stereocenters. The zero-order chi connectivity index (χ0) is 14.7. The van der Waals surface area contributed by atoms with E-state index < -0.39 is 6.04 Å². The first-order chi connectivity index (χ1) is 9.50. The lowest BCUT2D eigenvalue weighted by atomic mass is 10.2. The third-order valence-electron chi connectivity index (χ3n) is 4.34. The summed E-state index contributed by atoms with van der Waals surface area (Å²) >= 11 is 0. The van der Waals surface area contributed by atoms with E-state index in [1.165, 1.54) is 0 Å². The number of likely N-dealkylation sites (tertiary alicyclic amines) is 1. The molecule has 2 heterocycles. The van der Waals surface area contributed by atoms with E-state index >= 15 is 0 Å². The van der Waals surface area contributed by atoms with E-state index in [9.17, 15) is 9.59 Å². The maximum Gasteiger partial charge on any atom is 0.239 e. The summed E-state index contributed by atoms with van der Waals surface area (Å²) in [5.41, 5.74) is 5.63. The lowest BCUT2D eigenvalue weighted by molar-refractivity contribution is -0.138. The van der Waals surface area contributed by atoms with E-state index in [1.54, 1.807) is 11.8 Å². The predicted octanol–water partition coefficient (Wildman–Crippen LogP) is 0.332. The Morgan fingerprint density at radius 3 is 1.73 bits per heavy atom. The molecule has 22 heavy (non-hydrogen) atoms. The van der Waals surface area contributed by atoms with E-state index in [4.69, 9.17) is 5.73 Å². The third kappa shape index (κ3) is 4.98. The Bertz CT molecular complexity index is 368. The van der Waals surface area contributed by atoms with E-state index in [0.717, 1.165) is 39.0 Å². The zero-order valence-electron chi connectivity index (χ0n) is 13.4. The molecule has 0 spiro atoms. The Balaban J connectivity index is 0.00000220. The number of carbonyl (C=O) groups is 2. The molecule has 2 fully saturated rings. The van der Waals surface area contributed by atoms with Gasteiger partial charge >= 0.3 is 0 Å². The van der Waals surface area contributed by atoms with Crippen molar-refractivity contribution in [2.24, 2.45) is 5.73 Å². The molecule has 8 heteroatoms. The van der Waals surface area contributed by atoms with Crippen LogP contribution in [0, 0.1) is 0 Å². The van der Waals surface area contributed by atoms with E-state index in [1.807, 2.05) is 11.8 Å². The van der Waals surface area contributed by atoms with Crippen LogP contribution in [0.1, 0.15) is 26.7 Å². The highest BCUT2D eigenvalue weighted by molar-refractivity contribution is 5.85. The first-order valence-corrected chi connectivity index (χ1v) is 7.58. The van der Waals surface area contributed by atoms with Crippen LogP contribution in [0.2, 0.25) is 0 Å². The van der Waals surface area contributed by atoms with Crippen molar-refractivity contribution >= 4 is 36.6 Å².